The minimum Gasteiger partial charge on any atom is -0.325 e. The Balaban J connectivity index is 1.71. The van der Waals surface area contributed by atoms with E-state index >= 15 is 0 Å². The van der Waals surface area contributed by atoms with Crippen molar-refractivity contribution in [1.29, 1.82) is 0 Å². The van der Waals surface area contributed by atoms with Gasteiger partial charge in [0.2, 0.25) is 5.91 Å². The normalized spacial score (nSPS) is 12.0. The van der Waals surface area contributed by atoms with Crippen LogP contribution in [0.5, 0.6) is 0 Å². The second kappa shape index (κ2) is 7.74. The first kappa shape index (κ1) is 18.2. The van der Waals surface area contributed by atoms with Crippen molar-refractivity contribution in [3.05, 3.63) is 59.7 Å². The zero-order valence-electron chi connectivity index (χ0n) is 15.4. The van der Waals surface area contributed by atoms with Crippen molar-refractivity contribution in [2.45, 2.75) is 31.2 Å². The Hall–Kier alpha value is -2.60. The largest absolute Gasteiger partial charge is 0.325 e. The monoisotopic (exact) mass is 366 g/mol. The van der Waals surface area contributed by atoms with Gasteiger partial charge in [-0.05, 0) is 32.4 Å². The highest BCUT2D eigenvalue weighted by molar-refractivity contribution is 8.00. The van der Waals surface area contributed by atoms with E-state index in [1.807, 2.05) is 74.9 Å². The van der Waals surface area contributed by atoms with Crippen LogP contribution in [0.2, 0.25) is 0 Å². The Morgan fingerprint density at radius 2 is 1.85 bits per heavy atom. The van der Waals surface area contributed by atoms with E-state index in [-0.39, 0.29) is 11.2 Å². The molecule has 1 N–H and O–H groups in total. The van der Waals surface area contributed by atoms with Gasteiger partial charge >= 0.3 is 0 Å². The van der Waals surface area contributed by atoms with Crippen LogP contribution >= 0.6 is 11.8 Å². The summed E-state index contributed by atoms with van der Waals surface area (Å²) >= 11 is 1.40. The fraction of sp³-hybridized carbons (Fsp3) is 0.250. The van der Waals surface area contributed by atoms with E-state index in [1.54, 1.807) is 0 Å². The molecule has 26 heavy (non-hydrogen) atoms. The number of aryl methyl sites for hydroxylation is 2. The lowest BCUT2D eigenvalue weighted by Crippen LogP contribution is -2.23. The van der Waals surface area contributed by atoms with Crippen molar-refractivity contribution >= 4 is 23.4 Å². The van der Waals surface area contributed by atoms with Gasteiger partial charge in [0.1, 0.15) is 0 Å². The number of carbonyl (C=O) groups is 1. The number of anilines is 1. The molecule has 0 saturated heterocycles. The Labute approximate surface area is 157 Å². The number of aromatic nitrogens is 3. The summed E-state index contributed by atoms with van der Waals surface area (Å²) in [7, 11) is 1.92. The average molecular weight is 366 g/mol. The minimum absolute atomic E-state index is 0.0498. The molecule has 0 aliphatic rings. The molecule has 2 aromatic carbocycles. The lowest BCUT2D eigenvalue weighted by molar-refractivity contribution is -0.115. The standard InChI is InChI=1S/C20H22N4OS/c1-13-10-11-17(14(2)12-13)21-19(25)15(3)26-20-23-22-18(24(20)4)16-8-6-5-7-9-16/h5-12,15H,1-4H3,(H,21,25)/t15-/m0/s1. The number of thioether (sulfide) groups is 1. The van der Waals surface area contributed by atoms with Crippen molar-refractivity contribution in [1.82, 2.24) is 14.8 Å². The highest BCUT2D eigenvalue weighted by atomic mass is 32.2. The average Bonchev–Trinajstić information content (AvgIpc) is 2.98. The highest BCUT2D eigenvalue weighted by Crippen LogP contribution is 2.26. The third-order valence-corrected chi connectivity index (χ3v) is 5.29. The van der Waals surface area contributed by atoms with Gasteiger partial charge in [-0.25, -0.2) is 0 Å². The number of carbonyl (C=O) groups excluding carboxylic acids is 1. The molecule has 134 valence electrons. The molecule has 3 rings (SSSR count). The van der Waals surface area contributed by atoms with E-state index in [0.29, 0.717) is 5.16 Å². The molecule has 5 nitrogen and oxygen atoms in total. The van der Waals surface area contributed by atoms with Crippen molar-refractivity contribution < 1.29 is 4.79 Å². The number of hydrogen-bond donors (Lipinski definition) is 1. The number of nitrogens with zero attached hydrogens (tertiary/aromatic N) is 3. The van der Waals surface area contributed by atoms with Crippen LogP contribution in [0, 0.1) is 13.8 Å². The van der Waals surface area contributed by atoms with E-state index in [0.717, 1.165) is 22.6 Å². The summed E-state index contributed by atoms with van der Waals surface area (Å²) in [6, 6.07) is 15.9. The van der Waals surface area contributed by atoms with Gasteiger partial charge in [-0.1, -0.05) is 59.8 Å². The SMILES string of the molecule is Cc1ccc(NC(=O)[C@H](C)Sc2nnc(-c3ccccc3)n2C)c(C)c1. The third kappa shape index (κ3) is 3.96. The lowest BCUT2D eigenvalue weighted by Gasteiger charge is -2.13. The Morgan fingerprint density at radius 3 is 2.54 bits per heavy atom. The van der Waals surface area contributed by atoms with Gasteiger partial charge in [-0.15, -0.1) is 10.2 Å². The molecule has 6 heteroatoms. The third-order valence-electron chi connectivity index (χ3n) is 4.16. The topological polar surface area (TPSA) is 59.8 Å². The molecule has 0 aliphatic carbocycles. The Bertz CT molecular complexity index is 921. The summed E-state index contributed by atoms with van der Waals surface area (Å²) in [5.74, 6) is 0.737. The highest BCUT2D eigenvalue weighted by Gasteiger charge is 2.20. The molecule has 0 unspecified atom stereocenters. The molecule has 1 amide bonds. The van der Waals surface area contributed by atoms with Crippen LogP contribution in [0.25, 0.3) is 11.4 Å². The molecule has 0 bridgehead atoms. The number of benzene rings is 2. The van der Waals surface area contributed by atoms with Crippen molar-refractivity contribution in [3.8, 4) is 11.4 Å². The molecule has 0 saturated carbocycles. The number of nitrogens with one attached hydrogen (secondary N) is 1. The van der Waals surface area contributed by atoms with Crippen LogP contribution in [0.4, 0.5) is 5.69 Å². The number of amides is 1. The molecule has 0 aliphatic heterocycles. The summed E-state index contributed by atoms with van der Waals surface area (Å²) < 4.78 is 1.92. The van der Waals surface area contributed by atoms with Gasteiger partial charge < -0.3 is 9.88 Å². The number of hydrogen-bond acceptors (Lipinski definition) is 4. The predicted molar refractivity (Wildman–Crippen MR) is 106 cm³/mol. The molecule has 0 radical (unpaired) electrons. The van der Waals surface area contributed by atoms with E-state index in [4.69, 9.17) is 0 Å². The zero-order valence-corrected chi connectivity index (χ0v) is 16.2. The summed E-state index contributed by atoms with van der Waals surface area (Å²) in [6.07, 6.45) is 0. The maximum atomic E-state index is 12.6. The lowest BCUT2D eigenvalue weighted by atomic mass is 10.1. The van der Waals surface area contributed by atoms with E-state index in [9.17, 15) is 4.79 Å². The number of rotatable bonds is 5. The summed E-state index contributed by atoms with van der Waals surface area (Å²) in [5, 5.41) is 11.9. The van der Waals surface area contributed by atoms with Crippen molar-refractivity contribution in [2.75, 3.05) is 5.32 Å². The van der Waals surface area contributed by atoms with Crippen LogP contribution < -0.4 is 5.32 Å². The van der Waals surface area contributed by atoms with Crippen LogP contribution in [-0.2, 0) is 11.8 Å². The van der Waals surface area contributed by atoms with Gasteiger partial charge in [0.25, 0.3) is 0 Å². The van der Waals surface area contributed by atoms with Crippen LogP contribution in [0.15, 0.2) is 53.7 Å². The van der Waals surface area contributed by atoms with Crippen molar-refractivity contribution in [2.24, 2.45) is 7.05 Å². The van der Waals surface area contributed by atoms with Crippen LogP contribution in [0.1, 0.15) is 18.1 Å². The van der Waals surface area contributed by atoms with Gasteiger partial charge in [0.15, 0.2) is 11.0 Å². The molecule has 0 fully saturated rings. The molecule has 1 aromatic heterocycles. The Morgan fingerprint density at radius 1 is 1.12 bits per heavy atom. The maximum absolute atomic E-state index is 12.6. The molecular formula is C20H22N4OS. The van der Waals surface area contributed by atoms with Gasteiger partial charge in [-0.2, -0.15) is 0 Å². The molecule has 3 aromatic rings. The molecule has 0 spiro atoms. The fourth-order valence-corrected chi connectivity index (χ4v) is 3.47. The fourth-order valence-electron chi connectivity index (χ4n) is 2.66. The quantitative estimate of drug-likeness (QED) is 0.687. The maximum Gasteiger partial charge on any atom is 0.237 e. The van der Waals surface area contributed by atoms with Crippen LogP contribution in [-0.4, -0.2) is 25.9 Å². The molecule has 1 heterocycles. The van der Waals surface area contributed by atoms with E-state index < -0.39 is 0 Å². The van der Waals surface area contributed by atoms with Gasteiger partial charge in [0, 0.05) is 18.3 Å². The first-order valence-electron chi connectivity index (χ1n) is 8.45. The van der Waals surface area contributed by atoms with Gasteiger partial charge in [0.05, 0.1) is 5.25 Å². The zero-order chi connectivity index (χ0) is 18.7. The molecular weight excluding hydrogens is 344 g/mol. The van der Waals surface area contributed by atoms with Gasteiger partial charge in [-0.3, -0.25) is 4.79 Å². The Kier molecular flexibility index (Phi) is 5.42. The minimum atomic E-state index is -0.290. The first-order chi connectivity index (χ1) is 12.5. The van der Waals surface area contributed by atoms with Crippen molar-refractivity contribution in [3.63, 3.8) is 0 Å². The second-order valence-corrected chi connectivity index (χ2v) is 7.61. The van der Waals surface area contributed by atoms with E-state index in [1.165, 1.54) is 17.3 Å². The first-order valence-corrected chi connectivity index (χ1v) is 9.33. The summed E-state index contributed by atoms with van der Waals surface area (Å²) in [5.41, 5.74) is 4.08. The van der Waals surface area contributed by atoms with Crippen LogP contribution in [0.3, 0.4) is 0 Å². The summed E-state index contributed by atoms with van der Waals surface area (Å²) in [4.78, 5) is 12.6. The molecule has 1 atom stereocenters. The predicted octanol–water partition coefficient (Wildman–Crippen LogP) is 4.22. The second-order valence-electron chi connectivity index (χ2n) is 6.30. The summed E-state index contributed by atoms with van der Waals surface area (Å²) in [6.45, 7) is 5.91. The smallest absolute Gasteiger partial charge is 0.237 e. The van der Waals surface area contributed by atoms with E-state index in [2.05, 4.69) is 21.6 Å².